The summed E-state index contributed by atoms with van der Waals surface area (Å²) in [6.45, 7) is 0.706. The van der Waals surface area contributed by atoms with E-state index in [9.17, 15) is 0 Å². The normalized spacial score (nSPS) is 10.7. The first kappa shape index (κ1) is 10.6. The summed E-state index contributed by atoms with van der Waals surface area (Å²) in [6, 6.07) is 9.71. The minimum Gasteiger partial charge on any atom is -0.399 e. The molecule has 0 fully saturated rings. The molecule has 5 heteroatoms. The molecule has 1 aromatic carbocycles. The maximum atomic E-state index is 5.65. The molecular formula is C13H13N5. The third kappa shape index (κ3) is 1.98. The zero-order valence-corrected chi connectivity index (χ0v) is 9.74. The van der Waals surface area contributed by atoms with Gasteiger partial charge in [-0.3, -0.25) is 0 Å². The van der Waals surface area contributed by atoms with Gasteiger partial charge in [-0.2, -0.15) is 5.10 Å². The van der Waals surface area contributed by atoms with Gasteiger partial charge in [-0.15, -0.1) is 0 Å². The molecule has 2 heterocycles. The zero-order chi connectivity index (χ0) is 12.4. The van der Waals surface area contributed by atoms with Gasteiger partial charge in [-0.1, -0.05) is 12.1 Å². The molecule has 18 heavy (non-hydrogen) atoms. The maximum Gasteiger partial charge on any atom is 0.152 e. The van der Waals surface area contributed by atoms with Crippen LogP contribution in [0.5, 0.6) is 0 Å². The fraction of sp³-hybridized carbons (Fsp3) is 0.0769. The van der Waals surface area contributed by atoms with Gasteiger partial charge in [0.15, 0.2) is 5.82 Å². The molecule has 0 aliphatic heterocycles. The molecule has 0 unspecified atom stereocenters. The van der Waals surface area contributed by atoms with Crippen molar-refractivity contribution in [1.82, 2.24) is 14.6 Å². The lowest BCUT2D eigenvalue weighted by Gasteiger charge is -2.07. The highest BCUT2D eigenvalue weighted by Gasteiger charge is 2.02. The van der Waals surface area contributed by atoms with E-state index in [0.717, 1.165) is 22.6 Å². The van der Waals surface area contributed by atoms with Crippen LogP contribution in [0.4, 0.5) is 11.5 Å². The maximum absolute atomic E-state index is 5.65. The molecule has 3 rings (SSSR count). The van der Waals surface area contributed by atoms with Crippen molar-refractivity contribution in [3.05, 3.63) is 54.5 Å². The summed E-state index contributed by atoms with van der Waals surface area (Å²) in [6.07, 6.45) is 5.31. The number of benzene rings is 1. The highest BCUT2D eigenvalue weighted by Crippen LogP contribution is 2.14. The summed E-state index contributed by atoms with van der Waals surface area (Å²) in [5, 5.41) is 7.46. The number of nitrogen functional groups attached to an aromatic ring is 1. The number of aromatic nitrogens is 3. The SMILES string of the molecule is Nc1ccc(CNc2nccn3nccc23)cc1. The van der Waals surface area contributed by atoms with Gasteiger partial charge < -0.3 is 11.1 Å². The van der Waals surface area contributed by atoms with Crippen molar-refractivity contribution in [3.8, 4) is 0 Å². The standard InChI is InChI=1S/C13H13N5/c14-11-3-1-10(2-4-11)9-16-13-12-5-6-17-18(12)8-7-15-13/h1-8H,9,14H2,(H,15,16). The predicted molar refractivity (Wildman–Crippen MR) is 71.2 cm³/mol. The molecule has 0 saturated heterocycles. The van der Waals surface area contributed by atoms with Crippen LogP contribution >= 0.6 is 0 Å². The second-order valence-corrected chi connectivity index (χ2v) is 4.03. The Bertz CT molecular complexity index is 656. The first-order valence-electron chi connectivity index (χ1n) is 5.69. The minimum absolute atomic E-state index is 0.706. The number of hydrogen-bond acceptors (Lipinski definition) is 4. The Morgan fingerprint density at radius 1 is 1.11 bits per heavy atom. The Morgan fingerprint density at radius 3 is 2.78 bits per heavy atom. The quantitative estimate of drug-likeness (QED) is 0.685. The van der Waals surface area contributed by atoms with Gasteiger partial charge in [0.2, 0.25) is 0 Å². The molecule has 90 valence electrons. The van der Waals surface area contributed by atoms with E-state index in [1.54, 1.807) is 16.9 Å². The third-order valence-electron chi connectivity index (χ3n) is 2.76. The number of anilines is 2. The zero-order valence-electron chi connectivity index (χ0n) is 9.74. The summed E-state index contributed by atoms with van der Waals surface area (Å²) in [7, 11) is 0. The summed E-state index contributed by atoms with van der Waals surface area (Å²) < 4.78 is 1.79. The molecule has 0 aliphatic rings. The van der Waals surface area contributed by atoms with E-state index in [0.29, 0.717) is 6.54 Å². The molecule has 0 radical (unpaired) electrons. The molecule has 0 bridgehead atoms. The summed E-state index contributed by atoms with van der Waals surface area (Å²) in [4.78, 5) is 4.32. The number of fused-ring (bicyclic) bond motifs is 1. The van der Waals surface area contributed by atoms with E-state index in [2.05, 4.69) is 15.4 Å². The van der Waals surface area contributed by atoms with Crippen molar-refractivity contribution in [2.75, 3.05) is 11.1 Å². The predicted octanol–water partition coefficient (Wildman–Crippen LogP) is 1.92. The van der Waals surface area contributed by atoms with Gasteiger partial charge in [0.25, 0.3) is 0 Å². The molecule has 0 saturated carbocycles. The average Bonchev–Trinajstić information content (AvgIpc) is 2.87. The molecule has 0 spiro atoms. The second kappa shape index (κ2) is 4.37. The number of rotatable bonds is 3. The molecule has 2 aromatic heterocycles. The highest BCUT2D eigenvalue weighted by molar-refractivity contribution is 5.66. The van der Waals surface area contributed by atoms with Crippen molar-refractivity contribution in [2.45, 2.75) is 6.54 Å². The van der Waals surface area contributed by atoms with E-state index in [4.69, 9.17) is 5.73 Å². The van der Waals surface area contributed by atoms with Crippen LogP contribution in [-0.2, 0) is 6.54 Å². The van der Waals surface area contributed by atoms with Crippen molar-refractivity contribution in [1.29, 1.82) is 0 Å². The topological polar surface area (TPSA) is 68.2 Å². The Balaban J connectivity index is 1.80. The van der Waals surface area contributed by atoms with Crippen LogP contribution in [0.3, 0.4) is 0 Å². The molecular weight excluding hydrogens is 226 g/mol. The number of nitrogens with two attached hydrogens (primary N) is 1. The van der Waals surface area contributed by atoms with Crippen molar-refractivity contribution in [2.24, 2.45) is 0 Å². The number of nitrogens with zero attached hydrogens (tertiary/aromatic N) is 3. The van der Waals surface area contributed by atoms with E-state index in [-0.39, 0.29) is 0 Å². The average molecular weight is 239 g/mol. The lowest BCUT2D eigenvalue weighted by molar-refractivity contribution is 0.942. The highest BCUT2D eigenvalue weighted by atomic mass is 15.2. The second-order valence-electron chi connectivity index (χ2n) is 4.03. The fourth-order valence-electron chi connectivity index (χ4n) is 1.82. The summed E-state index contributed by atoms with van der Waals surface area (Å²) in [5.74, 6) is 0.826. The molecule has 0 atom stereocenters. The van der Waals surface area contributed by atoms with Crippen LogP contribution in [0, 0.1) is 0 Å². The Kier molecular flexibility index (Phi) is 2.57. The largest absolute Gasteiger partial charge is 0.399 e. The van der Waals surface area contributed by atoms with E-state index < -0.39 is 0 Å². The first-order chi connectivity index (χ1) is 8.83. The van der Waals surface area contributed by atoms with Gasteiger partial charge in [-0.05, 0) is 23.8 Å². The van der Waals surface area contributed by atoms with Gasteiger partial charge in [0.1, 0.15) is 5.52 Å². The molecule has 5 nitrogen and oxygen atoms in total. The van der Waals surface area contributed by atoms with Gasteiger partial charge in [-0.25, -0.2) is 9.50 Å². The Hall–Kier alpha value is -2.56. The summed E-state index contributed by atoms with van der Waals surface area (Å²) >= 11 is 0. The number of nitrogens with one attached hydrogen (secondary N) is 1. The van der Waals surface area contributed by atoms with Gasteiger partial charge >= 0.3 is 0 Å². The van der Waals surface area contributed by atoms with Crippen LogP contribution in [0.1, 0.15) is 5.56 Å². The third-order valence-corrected chi connectivity index (χ3v) is 2.76. The molecule has 3 N–H and O–H groups in total. The minimum atomic E-state index is 0.706. The fourth-order valence-corrected chi connectivity index (χ4v) is 1.82. The van der Waals surface area contributed by atoms with Crippen molar-refractivity contribution >= 4 is 17.0 Å². The monoisotopic (exact) mass is 239 g/mol. The Labute approximate surface area is 104 Å². The van der Waals surface area contributed by atoms with Crippen LogP contribution in [0.25, 0.3) is 5.52 Å². The van der Waals surface area contributed by atoms with E-state index in [1.807, 2.05) is 36.5 Å². The van der Waals surface area contributed by atoms with E-state index >= 15 is 0 Å². The van der Waals surface area contributed by atoms with Gasteiger partial charge in [0, 0.05) is 24.6 Å². The van der Waals surface area contributed by atoms with Crippen molar-refractivity contribution < 1.29 is 0 Å². The van der Waals surface area contributed by atoms with Crippen LogP contribution in [0.2, 0.25) is 0 Å². The van der Waals surface area contributed by atoms with Gasteiger partial charge in [0.05, 0.1) is 6.20 Å². The van der Waals surface area contributed by atoms with Crippen molar-refractivity contribution in [3.63, 3.8) is 0 Å². The molecule has 0 amide bonds. The lowest BCUT2D eigenvalue weighted by atomic mass is 10.2. The molecule has 0 aliphatic carbocycles. The Morgan fingerprint density at radius 2 is 1.94 bits per heavy atom. The lowest BCUT2D eigenvalue weighted by Crippen LogP contribution is -2.03. The van der Waals surface area contributed by atoms with Crippen LogP contribution < -0.4 is 11.1 Å². The summed E-state index contributed by atoms with van der Waals surface area (Å²) in [5.41, 5.74) is 8.55. The number of hydrogen-bond donors (Lipinski definition) is 2. The smallest absolute Gasteiger partial charge is 0.152 e. The molecule has 3 aromatic rings. The van der Waals surface area contributed by atoms with Crippen LogP contribution in [-0.4, -0.2) is 14.6 Å². The van der Waals surface area contributed by atoms with Crippen LogP contribution in [0.15, 0.2) is 48.9 Å². The first-order valence-corrected chi connectivity index (χ1v) is 5.69. The van der Waals surface area contributed by atoms with E-state index in [1.165, 1.54) is 0 Å².